The molecule has 18 heavy (non-hydrogen) atoms. The van der Waals surface area contributed by atoms with Crippen LogP contribution in [0.15, 0.2) is 22.7 Å². The summed E-state index contributed by atoms with van der Waals surface area (Å²) in [5.74, 6) is 0.925. The maximum absolute atomic E-state index is 5.62. The van der Waals surface area contributed by atoms with Crippen molar-refractivity contribution in [1.82, 2.24) is 10.2 Å². The molecule has 0 atom stereocenters. The number of likely N-dealkylation sites (N-methyl/N-ethyl adjacent to an activating group) is 1. The summed E-state index contributed by atoms with van der Waals surface area (Å²) in [6, 6.07) is 6.26. The average molecular weight is 315 g/mol. The predicted molar refractivity (Wildman–Crippen MR) is 80.2 cm³/mol. The largest absolute Gasteiger partial charge is 0.492 e. The van der Waals surface area contributed by atoms with Gasteiger partial charge in [-0.15, -0.1) is 0 Å². The number of hydrogen-bond acceptors (Lipinski definition) is 3. The highest BCUT2D eigenvalue weighted by atomic mass is 79.9. The fourth-order valence-electron chi connectivity index (χ4n) is 1.52. The van der Waals surface area contributed by atoms with E-state index < -0.39 is 0 Å². The SMILES string of the molecule is CCCOc1ccc(CNCCN(C)C)cc1Br. The third-order valence-electron chi connectivity index (χ3n) is 2.52. The molecule has 3 nitrogen and oxygen atoms in total. The minimum Gasteiger partial charge on any atom is -0.492 e. The Hall–Kier alpha value is -0.580. The van der Waals surface area contributed by atoms with Crippen LogP contribution in [0.25, 0.3) is 0 Å². The van der Waals surface area contributed by atoms with Gasteiger partial charge in [-0.05, 0) is 54.1 Å². The number of nitrogens with zero attached hydrogens (tertiary/aromatic N) is 1. The van der Waals surface area contributed by atoms with Crippen LogP contribution in [0, 0.1) is 0 Å². The zero-order valence-corrected chi connectivity index (χ0v) is 13.1. The molecule has 0 unspecified atom stereocenters. The molecule has 0 aromatic heterocycles. The molecule has 0 aliphatic heterocycles. The summed E-state index contributed by atoms with van der Waals surface area (Å²) in [6.45, 7) is 5.81. The van der Waals surface area contributed by atoms with Crippen molar-refractivity contribution in [3.8, 4) is 5.75 Å². The number of ether oxygens (including phenoxy) is 1. The Kier molecular flexibility index (Phi) is 7.32. The predicted octanol–water partition coefficient (Wildman–Crippen LogP) is 2.89. The van der Waals surface area contributed by atoms with Crippen molar-refractivity contribution in [1.29, 1.82) is 0 Å². The smallest absolute Gasteiger partial charge is 0.133 e. The third kappa shape index (κ3) is 5.85. The van der Waals surface area contributed by atoms with E-state index in [1.54, 1.807) is 0 Å². The van der Waals surface area contributed by atoms with Gasteiger partial charge in [0, 0.05) is 19.6 Å². The summed E-state index contributed by atoms with van der Waals surface area (Å²) in [4.78, 5) is 2.17. The minimum absolute atomic E-state index is 0.763. The van der Waals surface area contributed by atoms with Gasteiger partial charge in [0.2, 0.25) is 0 Å². The molecule has 4 heteroatoms. The van der Waals surface area contributed by atoms with E-state index in [-0.39, 0.29) is 0 Å². The number of halogens is 1. The van der Waals surface area contributed by atoms with E-state index in [0.29, 0.717) is 0 Å². The van der Waals surface area contributed by atoms with Crippen LogP contribution in [0.3, 0.4) is 0 Å². The second kappa shape index (κ2) is 8.51. The minimum atomic E-state index is 0.763. The van der Waals surface area contributed by atoms with Gasteiger partial charge in [0.15, 0.2) is 0 Å². The first kappa shape index (κ1) is 15.5. The third-order valence-corrected chi connectivity index (χ3v) is 3.14. The lowest BCUT2D eigenvalue weighted by Crippen LogP contribution is -2.26. The summed E-state index contributed by atoms with van der Waals surface area (Å²) >= 11 is 3.55. The molecule has 0 heterocycles. The molecule has 0 spiro atoms. The van der Waals surface area contributed by atoms with Gasteiger partial charge in [-0.2, -0.15) is 0 Å². The summed E-state index contributed by atoms with van der Waals surface area (Å²) in [6.07, 6.45) is 1.03. The van der Waals surface area contributed by atoms with E-state index in [0.717, 1.165) is 42.9 Å². The molecule has 102 valence electrons. The van der Waals surface area contributed by atoms with Crippen molar-refractivity contribution in [3.05, 3.63) is 28.2 Å². The second-order valence-electron chi connectivity index (χ2n) is 4.59. The topological polar surface area (TPSA) is 24.5 Å². The van der Waals surface area contributed by atoms with Gasteiger partial charge in [0.25, 0.3) is 0 Å². The summed E-state index contributed by atoms with van der Waals surface area (Å²) < 4.78 is 6.65. The molecule has 1 N–H and O–H groups in total. The highest BCUT2D eigenvalue weighted by Crippen LogP contribution is 2.26. The van der Waals surface area contributed by atoms with Crippen LogP contribution in [0.1, 0.15) is 18.9 Å². The van der Waals surface area contributed by atoms with Gasteiger partial charge in [-0.1, -0.05) is 13.0 Å². The molecule has 0 aliphatic rings. The number of nitrogens with one attached hydrogen (secondary N) is 1. The molecule has 0 fully saturated rings. The van der Waals surface area contributed by atoms with Crippen LogP contribution in [0.5, 0.6) is 5.75 Å². The van der Waals surface area contributed by atoms with Gasteiger partial charge >= 0.3 is 0 Å². The number of rotatable bonds is 8. The second-order valence-corrected chi connectivity index (χ2v) is 5.45. The maximum Gasteiger partial charge on any atom is 0.133 e. The standard InChI is InChI=1S/C14H23BrN2O/c1-4-9-18-14-6-5-12(10-13(14)15)11-16-7-8-17(2)3/h5-6,10,16H,4,7-9,11H2,1-3H3. The highest BCUT2D eigenvalue weighted by Gasteiger charge is 2.02. The lowest BCUT2D eigenvalue weighted by Gasteiger charge is -2.11. The Morgan fingerprint density at radius 1 is 1.33 bits per heavy atom. The molecular formula is C14H23BrN2O. The van der Waals surface area contributed by atoms with E-state index >= 15 is 0 Å². The Labute approximate surface area is 119 Å². The highest BCUT2D eigenvalue weighted by molar-refractivity contribution is 9.10. The van der Waals surface area contributed by atoms with Crippen molar-refractivity contribution in [3.63, 3.8) is 0 Å². The molecule has 0 amide bonds. The van der Waals surface area contributed by atoms with Crippen molar-refractivity contribution >= 4 is 15.9 Å². The average Bonchev–Trinajstić information content (AvgIpc) is 2.33. The fraction of sp³-hybridized carbons (Fsp3) is 0.571. The van der Waals surface area contributed by atoms with E-state index in [1.165, 1.54) is 5.56 Å². The number of benzene rings is 1. The van der Waals surface area contributed by atoms with E-state index in [1.807, 2.05) is 6.07 Å². The Morgan fingerprint density at radius 2 is 2.11 bits per heavy atom. The van der Waals surface area contributed by atoms with Crippen LogP contribution in [0.4, 0.5) is 0 Å². The fourth-order valence-corrected chi connectivity index (χ4v) is 2.06. The first-order valence-corrected chi connectivity index (χ1v) is 7.19. The summed E-state index contributed by atoms with van der Waals surface area (Å²) in [5.41, 5.74) is 1.27. The molecule has 0 saturated heterocycles. The molecule has 0 radical (unpaired) electrons. The van der Waals surface area contributed by atoms with E-state index in [9.17, 15) is 0 Å². The van der Waals surface area contributed by atoms with Crippen LogP contribution in [-0.2, 0) is 6.54 Å². The molecule has 0 aliphatic carbocycles. The Morgan fingerprint density at radius 3 is 2.72 bits per heavy atom. The lowest BCUT2D eigenvalue weighted by molar-refractivity contribution is 0.315. The Balaban J connectivity index is 2.41. The monoisotopic (exact) mass is 314 g/mol. The van der Waals surface area contributed by atoms with E-state index in [2.05, 4.69) is 59.3 Å². The molecule has 0 saturated carbocycles. The zero-order chi connectivity index (χ0) is 13.4. The van der Waals surface area contributed by atoms with Crippen molar-refractivity contribution in [2.24, 2.45) is 0 Å². The van der Waals surface area contributed by atoms with E-state index in [4.69, 9.17) is 4.74 Å². The summed E-state index contributed by atoms with van der Waals surface area (Å²) in [5, 5.41) is 3.42. The lowest BCUT2D eigenvalue weighted by atomic mass is 10.2. The van der Waals surface area contributed by atoms with Crippen LogP contribution >= 0.6 is 15.9 Å². The summed E-state index contributed by atoms with van der Waals surface area (Å²) in [7, 11) is 4.16. The van der Waals surface area contributed by atoms with Gasteiger partial charge in [0.05, 0.1) is 11.1 Å². The van der Waals surface area contributed by atoms with Gasteiger partial charge in [0.1, 0.15) is 5.75 Å². The van der Waals surface area contributed by atoms with Gasteiger partial charge < -0.3 is 15.0 Å². The molecule has 1 rings (SSSR count). The van der Waals surface area contributed by atoms with Crippen molar-refractivity contribution in [2.75, 3.05) is 33.8 Å². The van der Waals surface area contributed by atoms with Crippen LogP contribution < -0.4 is 10.1 Å². The first-order chi connectivity index (χ1) is 8.63. The molecular weight excluding hydrogens is 292 g/mol. The van der Waals surface area contributed by atoms with Gasteiger partial charge in [-0.3, -0.25) is 0 Å². The normalized spacial score (nSPS) is 10.9. The molecule has 0 bridgehead atoms. The Bertz CT molecular complexity index is 356. The maximum atomic E-state index is 5.62. The molecule has 1 aromatic carbocycles. The first-order valence-electron chi connectivity index (χ1n) is 6.40. The number of hydrogen-bond donors (Lipinski definition) is 1. The van der Waals surface area contributed by atoms with Crippen molar-refractivity contribution < 1.29 is 4.74 Å². The van der Waals surface area contributed by atoms with Crippen LogP contribution in [-0.4, -0.2) is 38.7 Å². The molecule has 1 aromatic rings. The van der Waals surface area contributed by atoms with Crippen LogP contribution in [0.2, 0.25) is 0 Å². The quantitative estimate of drug-likeness (QED) is 0.747. The zero-order valence-electron chi connectivity index (χ0n) is 11.5. The van der Waals surface area contributed by atoms with Gasteiger partial charge in [-0.25, -0.2) is 0 Å². The van der Waals surface area contributed by atoms with Crippen molar-refractivity contribution in [2.45, 2.75) is 19.9 Å².